The highest BCUT2D eigenvalue weighted by Gasteiger charge is 2.19. The van der Waals surface area contributed by atoms with E-state index in [2.05, 4.69) is 49.8 Å². The van der Waals surface area contributed by atoms with Crippen LogP contribution >= 0.6 is 22.6 Å². The first-order chi connectivity index (χ1) is 12.6. The number of halogens is 1. The molecule has 138 valence electrons. The Balaban J connectivity index is 1.43. The Morgan fingerprint density at radius 3 is 2.35 bits per heavy atom. The zero-order chi connectivity index (χ0) is 18.4. The van der Waals surface area contributed by atoms with E-state index in [0.717, 1.165) is 47.7 Å². The van der Waals surface area contributed by atoms with E-state index < -0.39 is 0 Å². The van der Waals surface area contributed by atoms with Gasteiger partial charge in [-0.3, -0.25) is 14.6 Å². The number of hydrogen-bond donors (Lipinski definition) is 1. The maximum Gasteiger partial charge on any atom is 0.238 e. The van der Waals surface area contributed by atoms with Crippen molar-refractivity contribution in [1.82, 2.24) is 9.80 Å². The van der Waals surface area contributed by atoms with Gasteiger partial charge in [0, 0.05) is 36.3 Å². The number of methoxy groups -OCH3 is 1. The van der Waals surface area contributed by atoms with Crippen molar-refractivity contribution in [3.8, 4) is 5.75 Å². The summed E-state index contributed by atoms with van der Waals surface area (Å²) in [5, 5.41) is 3.01. The molecule has 26 heavy (non-hydrogen) atoms. The van der Waals surface area contributed by atoms with E-state index in [0.29, 0.717) is 6.54 Å². The minimum atomic E-state index is 0.0534. The van der Waals surface area contributed by atoms with Gasteiger partial charge in [-0.1, -0.05) is 24.3 Å². The van der Waals surface area contributed by atoms with Crippen LogP contribution in [0.25, 0.3) is 0 Å². The van der Waals surface area contributed by atoms with E-state index in [1.54, 1.807) is 7.11 Å². The molecular formula is C20H24IN3O2. The standard InChI is InChI=1S/C20H24IN3O2/c1-26-17-8-6-16(7-9-17)14-23-10-12-24(13-11-23)15-20(25)22-19-5-3-2-4-18(19)21/h2-9H,10-15H2,1H3,(H,22,25). The first-order valence-corrected chi connectivity index (χ1v) is 9.84. The SMILES string of the molecule is COc1ccc(CN2CCN(CC(=O)Nc3ccccc3I)CC2)cc1. The quantitative estimate of drug-likeness (QED) is 0.667. The summed E-state index contributed by atoms with van der Waals surface area (Å²) in [6, 6.07) is 16.1. The smallest absolute Gasteiger partial charge is 0.238 e. The zero-order valence-corrected chi connectivity index (χ0v) is 17.1. The number of benzene rings is 2. The Labute approximate surface area is 168 Å². The number of para-hydroxylation sites is 1. The van der Waals surface area contributed by atoms with E-state index in [4.69, 9.17) is 4.74 Å². The molecule has 0 bridgehead atoms. The summed E-state index contributed by atoms with van der Waals surface area (Å²) in [5.41, 5.74) is 2.17. The third-order valence-corrected chi connectivity index (χ3v) is 5.49. The van der Waals surface area contributed by atoms with Crippen molar-refractivity contribution in [3.63, 3.8) is 0 Å². The second-order valence-electron chi connectivity index (χ2n) is 6.43. The molecule has 3 rings (SSSR count). The third-order valence-electron chi connectivity index (χ3n) is 4.55. The molecule has 0 saturated carbocycles. The molecule has 0 atom stereocenters. The molecule has 0 unspecified atom stereocenters. The zero-order valence-electron chi connectivity index (χ0n) is 15.0. The Bertz CT molecular complexity index is 728. The number of rotatable bonds is 6. The molecule has 2 aromatic carbocycles. The van der Waals surface area contributed by atoms with E-state index >= 15 is 0 Å². The number of ether oxygens (including phenoxy) is 1. The average molecular weight is 465 g/mol. The maximum absolute atomic E-state index is 12.3. The van der Waals surface area contributed by atoms with Gasteiger partial charge in [0.1, 0.15) is 5.75 Å². The molecule has 0 radical (unpaired) electrons. The van der Waals surface area contributed by atoms with Crippen LogP contribution in [0.3, 0.4) is 0 Å². The topological polar surface area (TPSA) is 44.8 Å². The molecular weight excluding hydrogens is 441 g/mol. The van der Waals surface area contributed by atoms with Crippen LogP contribution in [0.1, 0.15) is 5.56 Å². The summed E-state index contributed by atoms with van der Waals surface area (Å²) in [6.45, 7) is 5.16. The van der Waals surface area contributed by atoms with Crippen LogP contribution in [-0.4, -0.2) is 55.5 Å². The molecule has 0 spiro atoms. The minimum absolute atomic E-state index is 0.0534. The van der Waals surface area contributed by atoms with Gasteiger partial charge in [0.15, 0.2) is 0 Å². The minimum Gasteiger partial charge on any atom is -0.497 e. The molecule has 1 heterocycles. The van der Waals surface area contributed by atoms with Crippen molar-refractivity contribution in [3.05, 3.63) is 57.7 Å². The molecule has 6 heteroatoms. The molecule has 5 nitrogen and oxygen atoms in total. The molecule has 0 aliphatic carbocycles. The fourth-order valence-corrected chi connectivity index (χ4v) is 3.57. The molecule has 1 amide bonds. The van der Waals surface area contributed by atoms with Crippen molar-refractivity contribution < 1.29 is 9.53 Å². The van der Waals surface area contributed by atoms with E-state index in [1.165, 1.54) is 5.56 Å². The number of carbonyl (C=O) groups excluding carboxylic acids is 1. The van der Waals surface area contributed by atoms with Crippen LogP contribution in [0.15, 0.2) is 48.5 Å². The summed E-state index contributed by atoms with van der Waals surface area (Å²) in [5.74, 6) is 0.940. The van der Waals surface area contributed by atoms with Gasteiger partial charge < -0.3 is 10.1 Å². The van der Waals surface area contributed by atoms with Crippen molar-refractivity contribution >= 4 is 34.2 Å². The van der Waals surface area contributed by atoms with Crippen LogP contribution in [0.2, 0.25) is 0 Å². The maximum atomic E-state index is 12.3. The highest BCUT2D eigenvalue weighted by molar-refractivity contribution is 14.1. The highest BCUT2D eigenvalue weighted by atomic mass is 127. The van der Waals surface area contributed by atoms with E-state index in [1.807, 2.05) is 36.4 Å². The molecule has 1 aliphatic heterocycles. The number of nitrogens with one attached hydrogen (secondary N) is 1. The van der Waals surface area contributed by atoms with Crippen molar-refractivity contribution in [1.29, 1.82) is 0 Å². The second-order valence-corrected chi connectivity index (χ2v) is 7.59. The number of anilines is 1. The number of carbonyl (C=O) groups is 1. The normalized spacial score (nSPS) is 15.6. The Hall–Kier alpha value is -1.64. The number of nitrogens with zero attached hydrogens (tertiary/aromatic N) is 2. The largest absolute Gasteiger partial charge is 0.497 e. The van der Waals surface area contributed by atoms with E-state index in [9.17, 15) is 4.79 Å². The van der Waals surface area contributed by atoms with Gasteiger partial charge in [-0.2, -0.15) is 0 Å². The fourth-order valence-electron chi connectivity index (χ4n) is 3.05. The highest BCUT2D eigenvalue weighted by Crippen LogP contribution is 2.17. The number of piperazine rings is 1. The summed E-state index contributed by atoms with van der Waals surface area (Å²) >= 11 is 2.24. The molecule has 0 aromatic heterocycles. The fraction of sp³-hybridized carbons (Fsp3) is 0.350. The van der Waals surface area contributed by atoms with Crippen molar-refractivity contribution in [2.75, 3.05) is 45.2 Å². The lowest BCUT2D eigenvalue weighted by Crippen LogP contribution is -2.48. The summed E-state index contributed by atoms with van der Waals surface area (Å²) in [4.78, 5) is 16.9. The van der Waals surface area contributed by atoms with Crippen LogP contribution < -0.4 is 10.1 Å². The molecule has 1 aliphatic rings. The van der Waals surface area contributed by atoms with Gasteiger partial charge >= 0.3 is 0 Å². The molecule has 1 saturated heterocycles. The molecule has 2 aromatic rings. The summed E-state index contributed by atoms with van der Waals surface area (Å²) in [7, 11) is 1.68. The Morgan fingerprint density at radius 1 is 1.04 bits per heavy atom. The van der Waals surface area contributed by atoms with E-state index in [-0.39, 0.29) is 5.91 Å². The van der Waals surface area contributed by atoms with Crippen LogP contribution in [-0.2, 0) is 11.3 Å². The van der Waals surface area contributed by atoms with Gasteiger partial charge in [-0.05, 0) is 52.4 Å². The monoisotopic (exact) mass is 465 g/mol. The average Bonchev–Trinajstić information content (AvgIpc) is 2.66. The molecule has 1 fully saturated rings. The van der Waals surface area contributed by atoms with Crippen molar-refractivity contribution in [2.24, 2.45) is 0 Å². The molecule has 1 N–H and O–H groups in total. The first kappa shape index (κ1) is 19.1. The second kappa shape index (κ2) is 9.34. The van der Waals surface area contributed by atoms with Gasteiger partial charge in [0.2, 0.25) is 5.91 Å². The lowest BCUT2D eigenvalue weighted by Gasteiger charge is -2.34. The van der Waals surface area contributed by atoms with Gasteiger partial charge in [-0.15, -0.1) is 0 Å². The van der Waals surface area contributed by atoms with Crippen LogP contribution in [0.5, 0.6) is 5.75 Å². The summed E-state index contributed by atoms with van der Waals surface area (Å²) in [6.07, 6.45) is 0. The number of hydrogen-bond acceptors (Lipinski definition) is 4. The predicted molar refractivity (Wildman–Crippen MR) is 112 cm³/mol. The van der Waals surface area contributed by atoms with Gasteiger partial charge in [0.05, 0.1) is 19.3 Å². The third kappa shape index (κ3) is 5.43. The Morgan fingerprint density at radius 2 is 1.69 bits per heavy atom. The lowest BCUT2D eigenvalue weighted by molar-refractivity contribution is -0.117. The summed E-state index contributed by atoms with van der Waals surface area (Å²) < 4.78 is 6.26. The van der Waals surface area contributed by atoms with Gasteiger partial charge in [0.25, 0.3) is 0 Å². The van der Waals surface area contributed by atoms with Crippen LogP contribution in [0, 0.1) is 3.57 Å². The predicted octanol–water partition coefficient (Wildman–Crippen LogP) is 3.06. The Kier molecular flexibility index (Phi) is 6.87. The van der Waals surface area contributed by atoms with Crippen molar-refractivity contribution in [2.45, 2.75) is 6.54 Å². The number of amides is 1. The van der Waals surface area contributed by atoms with Crippen LogP contribution in [0.4, 0.5) is 5.69 Å². The first-order valence-electron chi connectivity index (χ1n) is 8.76. The van der Waals surface area contributed by atoms with Gasteiger partial charge in [-0.25, -0.2) is 0 Å². The lowest BCUT2D eigenvalue weighted by atomic mass is 10.2.